The zero-order valence-electron chi connectivity index (χ0n) is 57.9. The SMILES string of the molecule is CC(C)(C)c1cc(-c2c3nc(c(-c4cc(C(C)(C)C)cc(C(C)(C)C)c4)c4ccc([n-]4)c(-c4cc(C(C)(C)C)cc(C(C)(C)C)c4)c4nc(c(-c5cc(C(C)(C)C)cc(C(C)(C)C)c5)c5ccc2[n-]5)C=C4)C=C3)cc(C(C)(C)C)c1.[2H][3H].[B]P.[Zn].[Zn]. The maximum absolute atomic E-state index is 5.83. The van der Waals surface area contributed by atoms with Crippen molar-refractivity contribution in [2.24, 2.45) is 0 Å². The van der Waals surface area contributed by atoms with Gasteiger partial charge >= 0.3 is 0 Å². The number of benzene rings is 4. The fourth-order valence-electron chi connectivity index (χ4n) is 10.8. The van der Waals surface area contributed by atoms with E-state index in [0.29, 0.717) is 0 Å². The number of hydrogen-bond donors (Lipinski definition) is 0. The van der Waals surface area contributed by atoms with E-state index in [1.165, 1.54) is 44.5 Å². The molecule has 5 heterocycles. The van der Waals surface area contributed by atoms with E-state index in [1.807, 2.05) is 9.12 Å². The molecule has 9 rings (SSSR count). The minimum atomic E-state index is -0.113. The molecule has 2 radical (unpaired) electrons. The summed E-state index contributed by atoms with van der Waals surface area (Å²) >= 11 is 0. The molecule has 84 heavy (non-hydrogen) atoms. The van der Waals surface area contributed by atoms with Crippen LogP contribution in [0.1, 0.15) is 236 Å². The molecule has 0 amide bonds. The molecule has 1 atom stereocenters. The fourth-order valence-corrected chi connectivity index (χ4v) is 10.8. The topological polar surface area (TPSA) is 54.0 Å². The Kier molecular flexibility index (Phi) is 19.1. The summed E-state index contributed by atoms with van der Waals surface area (Å²) in [6.45, 7) is 55.5. The van der Waals surface area contributed by atoms with Crippen molar-refractivity contribution in [3.63, 3.8) is 0 Å². The smallest absolute Gasteiger partial charge is 0.0996 e. The van der Waals surface area contributed by atoms with E-state index in [9.17, 15) is 0 Å². The maximum atomic E-state index is 5.83. The van der Waals surface area contributed by atoms with Crippen molar-refractivity contribution in [2.75, 3.05) is 0 Å². The second-order valence-electron chi connectivity index (χ2n) is 31.6. The molecular weight excluding hydrogens is 1140 g/mol. The summed E-state index contributed by atoms with van der Waals surface area (Å²) in [5, 5.41) is 0. The molecule has 2 aliphatic heterocycles. The Morgan fingerprint density at radius 1 is 0.298 bits per heavy atom. The van der Waals surface area contributed by atoms with Gasteiger partial charge in [0.1, 0.15) is 0 Å². The van der Waals surface area contributed by atoms with Gasteiger partial charge in [-0.15, -0.1) is 22.1 Å². The zero-order chi connectivity index (χ0) is 62.8. The van der Waals surface area contributed by atoms with Gasteiger partial charge in [-0.1, -0.05) is 263 Å². The van der Waals surface area contributed by atoms with E-state index in [1.54, 1.807) is 0 Å². The summed E-state index contributed by atoms with van der Waals surface area (Å²) in [5.41, 5.74) is 24.7. The predicted molar refractivity (Wildman–Crippen MR) is 366 cm³/mol. The van der Waals surface area contributed by atoms with E-state index < -0.39 is 0 Å². The van der Waals surface area contributed by atoms with Gasteiger partial charge in [-0.25, -0.2) is 9.97 Å². The summed E-state index contributed by atoms with van der Waals surface area (Å²) in [6, 6.07) is 37.6. The van der Waals surface area contributed by atoms with Gasteiger partial charge in [-0.3, -0.25) is 0 Å². The zero-order valence-corrected chi connectivity index (χ0v) is 63.0. The van der Waals surface area contributed by atoms with Crippen LogP contribution >= 0.6 is 9.12 Å². The number of rotatable bonds is 4. The van der Waals surface area contributed by atoms with Crippen LogP contribution in [-0.2, 0) is 82.3 Å². The predicted octanol–water partition coefficient (Wildman–Crippen LogP) is 21.1. The van der Waals surface area contributed by atoms with Crippen LogP contribution in [0.15, 0.2) is 97.1 Å². The molecule has 1 unspecified atom stereocenters. The van der Waals surface area contributed by atoms with Crippen molar-refractivity contribution in [1.82, 2.24) is 19.9 Å². The van der Waals surface area contributed by atoms with Gasteiger partial charge < -0.3 is 9.97 Å². The van der Waals surface area contributed by atoms with Crippen LogP contribution in [0.2, 0.25) is 0 Å². The third-order valence-electron chi connectivity index (χ3n) is 16.4. The second-order valence-corrected chi connectivity index (χ2v) is 31.6. The van der Waals surface area contributed by atoms with Gasteiger partial charge in [-0.05, 0) is 157 Å². The van der Waals surface area contributed by atoms with Crippen molar-refractivity contribution in [3.8, 4) is 44.5 Å². The molecule has 2 aliphatic rings. The molecule has 0 saturated carbocycles. The van der Waals surface area contributed by atoms with Crippen LogP contribution in [0.25, 0.3) is 90.9 Å². The molecule has 4 aromatic carbocycles. The quantitative estimate of drug-likeness (QED) is 0.130. The Morgan fingerprint density at radius 3 is 0.571 bits per heavy atom. The molecule has 8 bridgehead atoms. The summed E-state index contributed by atoms with van der Waals surface area (Å²) in [4.78, 5) is 23.3. The summed E-state index contributed by atoms with van der Waals surface area (Å²) in [5.74, 6) is 0. The van der Waals surface area contributed by atoms with Gasteiger partial charge in [0.05, 0.1) is 30.3 Å². The Bertz CT molecular complexity index is 3240. The molecule has 0 fully saturated rings. The third-order valence-corrected chi connectivity index (χ3v) is 16.4. The standard InChI is InChI=1S/C76H92N4.BH2P.2Zn.H2/c1-69(2,3)49-33-45(34-50(41-49)70(4,5)6)65-57-25-27-59(77-57)66(46-35-51(71(7,8)9)42-52(36-46)72(10,11)12)61-29-31-63(79-61)68(48-39-55(75(19,20)21)44-56(40-48)76(22,23)24)64-32-30-62(80-64)67(60-28-26-58(65)78-60)47-37-53(73(13,14)15)43-54(38-47)74(16,17)18;1-2;;;/h25-44H,1-24H3;2H2;;;1H/q-2;;;;/i;;;;1+2D. The minimum absolute atomic E-state index is 0. The van der Waals surface area contributed by atoms with Crippen LogP contribution in [0.4, 0.5) is 0 Å². The second kappa shape index (κ2) is 24.1. The van der Waals surface area contributed by atoms with E-state index in [2.05, 4.69) is 295 Å². The summed E-state index contributed by atoms with van der Waals surface area (Å²) in [7, 11) is 6.33. The van der Waals surface area contributed by atoms with Gasteiger partial charge in [-0.2, -0.15) is 9.12 Å². The number of fused-ring (bicyclic) bond motifs is 8. The van der Waals surface area contributed by atoms with Crippen molar-refractivity contribution in [2.45, 2.75) is 209 Å². The Hall–Kier alpha value is -4.78. The monoisotopic (exact) mass is 1240 g/mol. The van der Waals surface area contributed by atoms with Gasteiger partial charge in [0.25, 0.3) is 0 Å². The molecule has 4 nitrogen and oxygen atoms in total. The van der Waals surface area contributed by atoms with Gasteiger partial charge in [0.2, 0.25) is 0 Å². The first-order valence-corrected chi connectivity index (χ1v) is 30.4. The minimum Gasteiger partial charge on any atom is -0.657 e. The van der Waals surface area contributed by atoms with Crippen LogP contribution in [-0.4, -0.2) is 17.5 Å². The van der Waals surface area contributed by atoms with Crippen molar-refractivity contribution >= 4 is 63.1 Å². The average molecular weight is 1240 g/mol. The largest absolute Gasteiger partial charge is 0.657 e. The molecule has 434 valence electrons. The third kappa shape index (κ3) is 14.6. The van der Waals surface area contributed by atoms with E-state index in [4.69, 9.17) is 22.9 Å². The Balaban J connectivity index is 0.00000220. The first kappa shape index (κ1) is 66.7. The Morgan fingerprint density at radius 2 is 0.440 bits per heavy atom. The first-order chi connectivity index (χ1) is 38.6. The molecule has 0 N–H and O–H groups in total. The van der Waals surface area contributed by atoms with Crippen molar-refractivity contribution in [1.29, 1.82) is 0 Å². The average Bonchev–Trinajstić information content (AvgIpc) is 1.60. The van der Waals surface area contributed by atoms with E-state index in [-0.39, 0.29) is 82.3 Å². The molecule has 3 aromatic heterocycles. The summed E-state index contributed by atoms with van der Waals surface area (Å²) < 4.78 is 10.0. The molecular formula is C76H96BN4PZn2-2. The van der Waals surface area contributed by atoms with Gasteiger partial charge in [0, 0.05) is 41.9 Å². The summed E-state index contributed by atoms with van der Waals surface area (Å²) in [6.07, 6.45) is 8.89. The first-order valence-electron chi connectivity index (χ1n) is 30.7. The Labute approximate surface area is 539 Å². The van der Waals surface area contributed by atoms with E-state index >= 15 is 0 Å². The molecule has 0 saturated heterocycles. The van der Waals surface area contributed by atoms with Crippen LogP contribution < -0.4 is 9.97 Å². The van der Waals surface area contributed by atoms with Crippen molar-refractivity contribution < 1.29 is 41.9 Å². The number of hydrogen-bond acceptors (Lipinski definition) is 2. The van der Waals surface area contributed by atoms with Gasteiger partial charge in [0.15, 0.2) is 0 Å². The molecule has 0 aliphatic carbocycles. The van der Waals surface area contributed by atoms with Crippen LogP contribution in [0, 0.1) is 0 Å². The normalized spacial score (nSPS) is 13.4. The number of aromatic nitrogens is 4. The number of nitrogens with zero attached hydrogens (tertiary/aromatic N) is 4. The van der Waals surface area contributed by atoms with E-state index in [0.717, 1.165) is 89.4 Å². The van der Waals surface area contributed by atoms with Crippen molar-refractivity contribution in [3.05, 3.63) is 164 Å². The van der Waals surface area contributed by atoms with Crippen LogP contribution in [0.5, 0.6) is 0 Å². The molecule has 8 heteroatoms. The molecule has 7 aromatic rings. The maximum Gasteiger partial charge on any atom is 0.0996 e. The fraction of sp³-hybridized carbons (Fsp3) is 0.421. The van der Waals surface area contributed by atoms with Crippen LogP contribution in [0.3, 0.4) is 0 Å². The molecule has 0 spiro atoms.